The van der Waals surface area contributed by atoms with E-state index in [4.69, 9.17) is 4.74 Å². The summed E-state index contributed by atoms with van der Waals surface area (Å²) in [5.41, 5.74) is 1.22. The molecule has 4 heteroatoms. The molecule has 4 nitrogen and oxygen atoms in total. The minimum atomic E-state index is 0.169. The maximum Gasteiger partial charge on any atom is 0.226 e. The van der Waals surface area contributed by atoms with Gasteiger partial charge in [0, 0.05) is 30.9 Å². The van der Waals surface area contributed by atoms with Gasteiger partial charge in [0.15, 0.2) is 0 Å². The van der Waals surface area contributed by atoms with E-state index in [9.17, 15) is 4.79 Å². The van der Waals surface area contributed by atoms with Crippen LogP contribution >= 0.6 is 0 Å². The predicted octanol–water partition coefficient (Wildman–Crippen LogP) is 3.58. The summed E-state index contributed by atoms with van der Waals surface area (Å²) in [6, 6.07) is 20.7. The van der Waals surface area contributed by atoms with Gasteiger partial charge in [-0.25, -0.2) is 0 Å². The molecule has 1 aliphatic rings. The van der Waals surface area contributed by atoms with Crippen LogP contribution in [0.25, 0.3) is 0 Å². The Morgan fingerprint density at radius 1 is 0.960 bits per heavy atom. The van der Waals surface area contributed by atoms with Gasteiger partial charge in [-0.1, -0.05) is 36.4 Å². The SMILES string of the molecule is CC1CN(C(=O)CCOc2ccccc2)CC(C)N1c1ccccc1. The van der Waals surface area contributed by atoms with Crippen molar-refractivity contribution in [1.82, 2.24) is 4.90 Å². The Hall–Kier alpha value is -2.49. The number of anilines is 1. The van der Waals surface area contributed by atoms with Crippen LogP contribution in [0.5, 0.6) is 5.75 Å². The molecular weight excluding hydrogens is 312 g/mol. The van der Waals surface area contributed by atoms with E-state index in [1.165, 1.54) is 5.69 Å². The van der Waals surface area contributed by atoms with E-state index < -0.39 is 0 Å². The average molecular weight is 338 g/mol. The number of hydrogen-bond acceptors (Lipinski definition) is 3. The summed E-state index contributed by atoms with van der Waals surface area (Å²) in [5, 5.41) is 0. The number of amides is 1. The molecule has 2 unspecified atom stereocenters. The van der Waals surface area contributed by atoms with Crippen molar-refractivity contribution in [3.63, 3.8) is 0 Å². The number of carbonyl (C=O) groups is 1. The second-order valence-corrected chi connectivity index (χ2v) is 6.65. The van der Waals surface area contributed by atoms with Gasteiger partial charge in [0.25, 0.3) is 0 Å². The Labute approximate surface area is 150 Å². The van der Waals surface area contributed by atoms with Crippen molar-refractivity contribution < 1.29 is 9.53 Å². The van der Waals surface area contributed by atoms with Gasteiger partial charge in [-0.3, -0.25) is 4.79 Å². The number of nitrogens with zero attached hydrogens (tertiary/aromatic N) is 2. The van der Waals surface area contributed by atoms with E-state index in [1.807, 2.05) is 41.3 Å². The molecule has 0 N–H and O–H groups in total. The third-order valence-electron chi connectivity index (χ3n) is 4.65. The summed E-state index contributed by atoms with van der Waals surface area (Å²) < 4.78 is 5.65. The largest absolute Gasteiger partial charge is 0.493 e. The Bertz CT molecular complexity index is 663. The number of rotatable bonds is 5. The van der Waals surface area contributed by atoms with Crippen LogP contribution in [0.4, 0.5) is 5.69 Å². The number of carbonyl (C=O) groups excluding carboxylic acids is 1. The molecule has 0 aromatic heterocycles. The molecule has 0 saturated carbocycles. The lowest BCUT2D eigenvalue weighted by atomic mass is 10.1. The standard InChI is InChI=1S/C21H26N2O2/c1-17-15-22(16-18(2)23(17)19-9-5-3-6-10-19)21(24)13-14-25-20-11-7-4-8-12-20/h3-12,17-18H,13-16H2,1-2H3. The van der Waals surface area contributed by atoms with Crippen molar-refractivity contribution in [1.29, 1.82) is 0 Å². The lowest BCUT2D eigenvalue weighted by Gasteiger charge is -2.46. The molecule has 132 valence electrons. The van der Waals surface area contributed by atoms with Crippen molar-refractivity contribution in [3.05, 3.63) is 60.7 Å². The van der Waals surface area contributed by atoms with Gasteiger partial charge in [-0.05, 0) is 38.1 Å². The summed E-state index contributed by atoms with van der Waals surface area (Å²) >= 11 is 0. The van der Waals surface area contributed by atoms with Crippen LogP contribution in [0.1, 0.15) is 20.3 Å². The van der Waals surface area contributed by atoms with Gasteiger partial charge in [0.1, 0.15) is 5.75 Å². The number of para-hydroxylation sites is 2. The average Bonchev–Trinajstić information content (AvgIpc) is 2.63. The van der Waals surface area contributed by atoms with Crippen LogP contribution in [-0.2, 0) is 4.79 Å². The van der Waals surface area contributed by atoms with Gasteiger partial charge in [-0.15, -0.1) is 0 Å². The maximum atomic E-state index is 12.6. The van der Waals surface area contributed by atoms with Crippen molar-refractivity contribution in [2.24, 2.45) is 0 Å². The zero-order valence-corrected chi connectivity index (χ0v) is 15.0. The van der Waals surface area contributed by atoms with Crippen LogP contribution in [0.2, 0.25) is 0 Å². The predicted molar refractivity (Wildman–Crippen MR) is 101 cm³/mol. The Morgan fingerprint density at radius 2 is 1.52 bits per heavy atom. The molecule has 1 aliphatic heterocycles. The van der Waals surface area contributed by atoms with E-state index in [0.717, 1.165) is 18.8 Å². The highest BCUT2D eigenvalue weighted by atomic mass is 16.5. The highest BCUT2D eigenvalue weighted by Gasteiger charge is 2.31. The molecule has 1 heterocycles. The lowest BCUT2D eigenvalue weighted by molar-refractivity contribution is -0.133. The monoisotopic (exact) mass is 338 g/mol. The van der Waals surface area contributed by atoms with E-state index in [2.05, 4.69) is 43.0 Å². The van der Waals surface area contributed by atoms with Gasteiger partial charge >= 0.3 is 0 Å². The molecule has 2 aromatic rings. The minimum Gasteiger partial charge on any atom is -0.493 e. The first-order valence-electron chi connectivity index (χ1n) is 8.94. The van der Waals surface area contributed by atoms with Crippen molar-refractivity contribution in [2.45, 2.75) is 32.4 Å². The van der Waals surface area contributed by atoms with Crippen LogP contribution in [0, 0.1) is 0 Å². The van der Waals surface area contributed by atoms with E-state index >= 15 is 0 Å². The summed E-state index contributed by atoms with van der Waals surface area (Å²) in [4.78, 5) is 16.9. The summed E-state index contributed by atoms with van der Waals surface area (Å²) in [6.07, 6.45) is 0.416. The fourth-order valence-corrected chi connectivity index (χ4v) is 3.57. The smallest absolute Gasteiger partial charge is 0.226 e. The third-order valence-corrected chi connectivity index (χ3v) is 4.65. The van der Waals surface area contributed by atoms with Gasteiger partial charge in [0.2, 0.25) is 5.91 Å². The first-order chi connectivity index (χ1) is 12.1. The fraction of sp³-hybridized carbons (Fsp3) is 0.381. The molecule has 3 rings (SSSR count). The summed E-state index contributed by atoms with van der Waals surface area (Å²) in [6.45, 7) is 6.30. The molecule has 0 bridgehead atoms. The Balaban J connectivity index is 1.53. The number of ether oxygens (including phenoxy) is 1. The van der Waals surface area contributed by atoms with Crippen molar-refractivity contribution >= 4 is 11.6 Å². The van der Waals surface area contributed by atoms with Crippen molar-refractivity contribution in [3.8, 4) is 5.75 Å². The van der Waals surface area contributed by atoms with Crippen LogP contribution in [-0.4, -0.2) is 42.6 Å². The third kappa shape index (κ3) is 4.32. The lowest BCUT2D eigenvalue weighted by Crippen LogP contribution is -2.58. The summed E-state index contributed by atoms with van der Waals surface area (Å²) in [7, 11) is 0. The Morgan fingerprint density at radius 3 is 2.12 bits per heavy atom. The second-order valence-electron chi connectivity index (χ2n) is 6.65. The molecule has 1 fully saturated rings. The molecule has 0 spiro atoms. The first-order valence-corrected chi connectivity index (χ1v) is 8.94. The second kappa shape index (κ2) is 8.06. The number of hydrogen-bond donors (Lipinski definition) is 0. The number of piperazine rings is 1. The molecule has 2 atom stereocenters. The van der Waals surface area contributed by atoms with Crippen LogP contribution < -0.4 is 9.64 Å². The molecule has 2 aromatic carbocycles. The van der Waals surface area contributed by atoms with E-state index in [-0.39, 0.29) is 5.91 Å². The highest BCUT2D eigenvalue weighted by Crippen LogP contribution is 2.24. The quantitative estimate of drug-likeness (QED) is 0.835. The van der Waals surface area contributed by atoms with E-state index in [0.29, 0.717) is 25.1 Å². The first kappa shape index (κ1) is 17.3. The molecule has 0 aliphatic carbocycles. The Kier molecular flexibility index (Phi) is 5.59. The van der Waals surface area contributed by atoms with Crippen LogP contribution in [0.3, 0.4) is 0 Å². The van der Waals surface area contributed by atoms with Gasteiger partial charge in [0.05, 0.1) is 13.0 Å². The zero-order chi connectivity index (χ0) is 17.6. The van der Waals surface area contributed by atoms with Crippen molar-refractivity contribution in [2.75, 3.05) is 24.6 Å². The fourth-order valence-electron chi connectivity index (χ4n) is 3.57. The highest BCUT2D eigenvalue weighted by molar-refractivity contribution is 5.77. The topological polar surface area (TPSA) is 32.8 Å². The normalized spacial score (nSPS) is 20.4. The minimum absolute atomic E-state index is 0.169. The van der Waals surface area contributed by atoms with Gasteiger partial charge < -0.3 is 14.5 Å². The molecule has 0 radical (unpaired) electrons. The summed E-state index contributed by atoms with van der Waals surface area (Å²) in [5.74, 6) is 0.980. The molecule has 1 amide bonds. The molecule has 25 heavy (non-hydrogen) atoms. The van der Waals surface area contributed by atoms with Crippen LogP contribution in [0.15, 0.2) is 60.7 Å². The van der Waals surface area contributed by atoms with E-state index in [1.54, 1.807) is 0 Å². The molecule has 1 saturated heterocycles. The number of benzene rings is 2. The van der Waals surface area contributed by atoms with Gasteiger partial charge in [-0.2, -0.15) is 0 Å². The maximum absolute atomic E-state index is 12.6. The molecular formula is C21H26N2O2. The zero-order valence-electron chi connectivity index (χ0n) is 15.0.